The number of esters is 1. The number of aliphatic hydroxyl groups is 1. The van der Waals surface area contributed by atoms with Gasteiger partial charge in [0.2, 0.25) is 5.95 Å². The van der Waals surface area contributed by atoms with E-state index in [4.69, 9.17) is 5.11 Å². The third kappa shape index (κ3) is 2.16. The lowest BCUT2D eigenvalue weighted by Crippen LogP contribution is -2.35. The smallest absolute Gasteiger partial charge is 0.330 e. The second kappa shape index (κ2) is 4.51. The van der Waals surface area contributed by atoms with E-state index in [9.17, 15) is 4.79 Å². The van der Waals surface area contributed by atoms with Crippen LogP contribution in [0.25, 0.3) is 0 Å². The summed E-state index contributed by atoms with van der Waals surface area (Å²) in [6.07, 6.45) is 0. The summed E-state index contributed by atoms with van der Waals surface area (Å²) in [4.78, 5) is 11.1. The molecule has 1 aromatic heterocycles. The Kier molecular flexibility index (Phi) is 3.35. The molecule has 0 saturated heterocycles. The van der Waals surface area contributed by atoms with Crippen LogP contribution in [-0.4, -0.2) is 51.0 Å². The van der Waals surface area contributed by atoms with Crippen LogP contribution in [0.3, 0.4) is 0 Å². The highest BCUT2D eigenvalue weighted by molar-refractivity contribution is 5.78. The zero-order valence-electron chi connectivity index (χ0n) is 7.84. The van der Waals surface area contributed by atoms with Crippen molar-refractivity contribution in [3.8, 4) is 0 Å². The number of hydrogen-bond donors (Lipinski definition) is 2. The van der Waals surface area contributed by atoms with Crippen LogP contribution in [-0.2, 0) is 16.6 Å². The highest BCUT2D eigenvalue weighted by Crippen LogP contribution is 2.00. The molecule has 0 spiro atoms. The fraction of sp³-hybridized carbons (Fsp3) is 0.667. The number of ether oxygens (including phenoxy) is 1. The Balaban J connectivity index is 2.66. The molecule has 1 heterocycles. The highest BCUT2D eigenvalue weighted by atomic mass is 16.5. The SMILES string of the molecule is COC(=O)C(CO)Nc1nnnn1C. The standard InChI is InChI=1S/C6H11N5O3/c1-11-6(8-9-10-11)7-4(3-12)5(13)14-2/h4,12H,3H2,1-2H3,(H,7,8,10). The summed E-state index contributed by atoms with van der Waals surface area (Å²) in [5.41, 5.74) is 0. The zero-order chi connectivity index (χ0) is 10.6. The molecule has 2 N–H and O–H groups in total. The van der Waals surface area contributed by atoms with E-state index in [0.29, 0.717) is 0 Å². The molecule has 1 rings (SSSR count). The molecule has 0 aromatic carbocycles. The molecular weight excluding hydrogens is 190 g/mol. The summed E-state index contributed by atoms with van der Waals surface area (Å²) in [6, 6.07) is -0.857. The molecule has 0 radical (unpaired) electrons. The number of carbonyl (C=O) groups is 1. The van der Waals surface area contributed by atoms with Crippen molar-refractivity contribution in [2.75, 3.05) is 19.0 Å². The van der Waals surface area contributed by atoms with Crippen molar-refractivity contribution in [3.63, 3.8) is 0 Å². The molecule has 8 nitrogen and oxygen atoms in total. The van der Waals surface area contributed by atoms with E-state index in [1.165, 1.54) is 11.8 Å². The fourth-order valence-corrected chi connectivity index (χ4v) is 0.829. The van der Waals surface area contributed by atoms with Crippen molar-refractivity contribution >= 4 is 11.9 Å². The minimum atomic E-state index is -0.857. The number of hydrogen-bond acceptors (Lipinski definition) is 7. The Morgan fingerprint density at radius 1 is 1.79 bits per heavy atom. The normalized spacial score (nSPS) is 12.2. The Morgan fingerprint density at radius 3 is 2.93 bits per heavy atom. The number of nitrogens with zero attached hydrogens (tertiary/aromatic N) is 4. The Labute approximate surface area is 79.9 Å². The average molecular weight is 201 g/mol. The fourth-order valence-electron chi connectivity index (χ4n) is 0.829. The quantitative estimate of drug-likeness (QED) is 0.551. The number of aliphatic hydroxyl groups excluding tert-OH is 1. The lowest BCUT2D eigenvalue weighted by Gasteiger charge is -2.12. The number of tetrazole rings is 1. The molecule has 0 aliphatic carbocycles. The lowest BCUT2D eigenvalue weighted by molar-refractivity contribution is -0.142. The van der Waals surface area contributed by atoms with Gasteiger partial charge in [0.25, 0.3) is 0 Å². The molecule has 0 amide bonds. The summed E-state index contributed by atoms with van der Waals surface area (Å²) < 4.78 is 5.79. The Morgan fingerprint density at radius 2 is 2.50 bits per heavy atom. The number of anilines is 1. The molecular formula is C6H11N5O3. The molecule has 1 atom stereocenters. The van der Waals surface area contributed by atoms with Crippen molar-refractivity contribution in [3.05, 3.63) is 0 Å². The van der Waals surface area contributed by atoms with Crippen LogP contribution in [0.15, 0.2) is 0 Å². The molecule has 0 saturated carbocycles. The topological polar surface area (TPSA) is 102 Å². The Bertz CT molecular complexity index is 312. The number of nitrogens with one attached hydrogen (secondary N) is 1. The van der Waals surface area contributed by atoms with E-state index in [-0.39, 0.29) is 12.6 Å². The van der Waals surface area contributed by atoms with Gasteiger partial charge < -0.3 is 15.2 Å². The van der Waals surface area contributed by atoms with Gasteiger partial charge in [0.15, 0.2) is 6.04 Å². The second-order valence-electron chi connectivity index (χ2n) is 2.53. The lowest BCUT2D eigenvalue weighted by atomic mass is 10.3. The van der Waals surface area contributed by atoms with Crippen molar-refractivity contribution in [1.82, 2.24) is 20.2 Å². The predicted molar refractivity (Wildman–Crippen MR) is 45.3 cm³/mol. The molecule has 14 heavy (non-hydrogen) atoms. The number of aryl methyl sites for hydroxylation is 1. The molecule has 0 bridgehead atoms. The van der Waals surface area contributed by atoms with Crippen LogP contribution in [0.2, 0.25) is 0 Å². The molecule has 0 fully saturated rings. The number of aromatic nitrogens is 4. The minimum Gasteiger partial charge on any atom is -0.467 e. The minimum absolute atomic E-state index is 0.287. The average Bonchev–Trinajstić information content (AvgIpc) is 2.59. The summed E-state index contributed by atoms with van der Waals surface area (Å²) in [5.74, 6) is -0.287. The molecule has 0 aliphatic rings. The van der Waals surface area contributed by atoms with Gasteiger partial charge >= 0.3 is 5.97 Å². The van der Waals surface area contributed by atoms with Crippen LogP contribution < -0.4 is 5.32 Å². The maximum atomic E-state index is 11.1. The van der Waals surface area contributed by atoms with E-state index in [2.05, 4.69) is 25.6 Å². The van der Waals surface area contributed by atoms with Crippen molar-refractivity contribution in [2.24, 2.45) is 7.05 Å². The maximum Gasteiger partial charge on any atom is 0.330 e. The van der Waals surface area contributed by atoms with Crippen LogP contribution in [0, 0.1) is 0 Å². The summed E-state index contributed by atoms with van der Waals surface area (Å²) in [7, 11) is 2.84. The number of rotatable bonds is 4. The summed E-state index contributed by atoms with van der Waals surface area (Å²) >= 11 is 0. The van der Waals surface area contributed by atoms with Crippen LogP contribution in [0.5, 0.6) is 0 Å². The number of methoxy groups -OCH3 is 1. The summed E-state index contributed by atoms with van der Waals surface area (Å²) in [5, 5.41) is 22.0. The van der Waals surface area contributed by atoms with E-state index in [0.717, 1.165) is 0 Å². The van der Waals surface area contributed by atoms with Gasteiger partial charge in [-0.05, 0) is 10.4 Å². The van der Waals surface area contributed by atoms with Crippen molar-refractivity contribution < 1.29 is 14.6 Å². The van der Waals surface area contributed by atoms with E-state index < -0.39 is 12.0 Å². The van der Waals surface area contributed by atoms with Gasteiger partial charge in [-0.3, -0.25) is 0 Å². The first-order valence-electron chi connectivity index (χ1n) is 3.86. The first kappa shape index (κ1) is 10.4. The molecule has 78 valence electrons. The van der Waals surface area contributed by atoms with Gasteiger partial charge in [0.05, 0.1) is 13.7 Å². The van der Waals surface area contributed by atoms with Gasteiger partial charge in [-0.25, -0.2) is 9.48 Å². The second-order valence-corrected chi connectivity index (χ2v) is 2.53. The van der Waals surface area contributed by atoms with Crippen molar-refractivity contribution in [1.29, 1.82) is 0 Å². The Hall–Kier alpha value is -1.70. The van der Waals surface area contributed by atoms with E-state index >= 15 is 0 Å². The van der Waals surface area contributed by atoms with E-state index in [1.54, 1.807) is 7.05 Å². The predicted octanol–water partition coefficient (Wildman–Crippen LogP) is -1.84. The molecule has 1 unspecified atom stereocenters. The molecule has 1 aromatic rings. The molecule has 0 aliphatic heterocycles. The maximum absolute atomic E-state index is 11.1. The third-order valence-electron chi connectivity index (χ3n) is 1.59. The van der Waals surface area contributed by atoms with Crippen LogP contribution in [0.1, 0.15) is 0 Å². The monoisotopic (exact) mass is 201 g/mol. The summed E-state index contributed by atoms with van der Waals surface area (Å²) in [6.45, 7) is -0.389. The van der Waals surface area contributed by atoms with Gasteiger partial charge in [-0.15, -0.1) is 0 Å². The number of carbonyl (C=O) groups excluding carboxylic acids is 1. The first-order chi connectivity index (χ1) is 6.69. The third-order valence-corrected chi connectivity index (χ3v) is 1.59. The molecule has 8 heteroatoms. The zero-order valence-corrected chi connectivity index (χ0v) is 7.84. The van der Waals surface area contributed by atoms with Crippen LogP contribution >= 0.6 is 0 Å². The van der Waals surface area contributed by atoms with Crippen LogP contribution in [0.4, 0.5) is 5.95 Å². The first-order valence-corrected chi connectivity index (χ1v) is 3.86. The van der Waals surface area contributed by atoms with Gasteiger partial charge in [0.1, 0.15) is 0 Å². The van der Waals surface area contributed by atoms with Crippen molar-refractivity contribution in [2.45, 2.75) is 6.04 Å². The van der Waals surface area contributed by atoms with Gasteiger partial charge in [-0.1, -0.05) is 5.10 Å². The van der Waals surface area contributed by atoms with Gasteiger partial charge in [-0.2, -0.15) is 0 Å². The largest absolute Gasteiger partial charge is 0.467 e. The van der Waals surface area contributed by atoms with Gasteiger partial charge in [0, 0.05) is 7.05 Å². The highest BCUT2D eigenvalue weighted by Gasteiger charge is 2.19. The van der Waals surface area contributed by atoms with E-state index in [1.807, 2.05) is 0 Å².